The van der Waals surface area contributed by atoms with E-state index in [-0.39, 0.29) is 11.4 Å². The van der Waals surface area contributed by atoms with Gasteiger partial charge in [0, 0.05) is 11.3 Å². The predicted molar refractivity (Wildman–Crippen MR) is 122 cm³/mol. The Bertz CT molecular complexity index is 1230. The summed E-state index contributed by atoms with van der Waals surface area (Å²) in [4.78, 5) is 11.3. The molecular weight excluding hydrogens is 426 g/mol. The second kappa shape index (κ2) is 8.88. The second-order valence-electron chi connectivity index (χ2n) is 8.47. The molecule has 1 aliphatic rings. The van der Waals surface area contributed by atoms with E-state index in [0.717, 1.165) is 28.8 Å². The van der Waals surface area contributed by atoms with Gasteiger partial charge in [0.05, 0.1) is 17.1 Å². The molecule has 8 heteroatoms. The van der Waals surface area contributed by atoms with E-state index in [9.17, 15) is 13.2 Å². The monoisotopic (exact) mass is 453 g/mol. The van der Waals surface area contributed by atoms with Gasteiger partial charge in [-0.3, -0.25) is 9.48 Å². The average Bonchev–Trinajstić information content (AvgIpc) is 3.17. The molecule has 1 aliphatic carbocycles. The van der Waals surface area contributed by atoms with Gasteiger partial charge in [-0.15, -0.1) is 0 Å². The first kappa shape index (κ1) is 22.2. The molecule has 1 atom stereocenters. The molecule has 0 amide bonds. The Hall–Kier alpha value is -2.97. The minimum absolute atomic E-state index is 0.200. The molecule has 4 rings (SSSR count). The molecule has 1 aromatic heterocycles. The molecule has 0 spiro atoms. The molecule has 1 heterocycles. The molecule has 0 radical (unpaired) electrons. The van der Waals surface area contributed by atoms with Gasteiger partial charge in [-0.25, -0.2) is 13.1 Å². The summed E-state index contributed by atoms with van der Waals surface area (Å²) in [5.74, 6) is -0.559. The van der Waals surface area contributed by atoms with E-state index in [1.807, 2.05) is 24.3 Å². The molecule has 2 aromatic carbocycles. The summed E-state index contributed by atoms with van der Waals surface area (Å²) in [6.07, 6.45) is 3.67. The number of carbonyl (C=O) groups is 1. The minimum atomic E-state index is -3.74. The van der Waals surface area contributed by atoms with E-state index >= 15 is 0 Å². The van der Waals surface area contributed by atoms with Crippen LogP contribution in [-0.4, -0.2) is 29.3 Å². The lowest BCUT2D eigenvalue weighted by Crippen LogP contribution is -2.31. The van der Waals surface area contributed by atoms with Gasteiger partial charge in [0.1, 0.15) is 6.54 Å². The van der Waals surface area contributed by atoms with Gasteiger partial charge in [-0.1, -0.05) is 50.2 Å². The highest BCUT2D eigenvalue weighted by Gasteiger charge is 2.29. The number of aliphatic carboxylic acids is 1. The van der Waals surface area contributed by atoms with Crippen LogP contribution in [-0.2, 0) is 27.8 Å². The van der Waals surface area contributed by atoms with E-state index in [1.165, 1.54) is 10.2 Å². The number of nitrogens with one attached hydrogen (secondary N) is 1. The molecule has 0 saturated carbocycles. The predicted octanol–water partition coefficient (Wildman–Crippen LogP) is 4.11. The number of benzene rings is 2. The van der Waals surface area contributed by atoms with Gasteiger partial charge in [0.2, 0.25) is 10.0 Å². The highest BCUT2D eigenvalue weighted by molar-refractivity contribution is 7.89. The Labute approximate surface area is 188 Å². The highest BCUT2D eigenvalue weighted by Crippen LogP contribution is 2.31. The minimum Gasteiger partial charge on any atom is -0.480 e. The fourth-order valence-electron chi connectivity index (χ4n) is 4.16. The molecular formula is C24H27N3O4S. The van der Waals surface area contributed by atoms with Crippen LogP contribution < -0.4 is 4.72 Å². The van der Waals surface area contributed by atoms with E-state index in [4.69, 9.17) is 5.11 Å². The zero-order valence-electron chi connectivity index (χ0n) is 18.2. The van der Waals surface area contributed by atoms with Crippen LogP contribution in [0.3, 0.4) is 0 Å². The van der Waals surface area contributed by atoms with Crippen molar-refractivity contribution in [1.82, 2.24) is 14.5 Å². The molecule has 7 nitrogen and oxygen atoms in total. The Morgan fingerprint density at radius 3 is 2.62 bits per heavy atom. The lowest BCUT2D eigenvalue weighted by atomic mass is 9.94. The fraction of sp³-hybridized carbons (Fsp3) is 0.333. The van der Waals surface area contributed by atoms with Crippen LogP contribution in [0.15, 0.2) is 59.6 Å². The number of carboxylic acids is 1. The van der Waals surface area contributed by atoms with Crippen molar-refractivity contribution in [3.63, 3.8) is 0 Å². The van der Waals surface area contributed by atoms with Gasteiger partial charge in [-0.05, 0) is 54.0 Å². The SMILES string of the molecule is CC(C)c1cccc(-c2ccc(S(=O)(=O)N[C@@H]3CCCc4c3cnn4CC(=O)O)cc2)c1. The number of aromatic nitrogens is 2. The van der Waals surface area contributed by atoms with Crippen molar-refractivity contribution in [3.8, 4) is 11.1 Å². The van der Waals surface area contributed by atoms with Crippen molar-refractivity contribution in [2.75, 3.05) is 0 Å². The summed E-state index contributed by atoms with van der Waals surface area (Å²) >= 11 is 0. The third-order valence-corrected chi connectivity index (χ3v) is 7.38. The van der Waals surface area contributed by atoms with Gasteiger partial charge in [0.25, 0.3) is 0 Å². The molecule has 3 aromatic rings. The molecule has 32 heavy (non-hydrogen) atoms. The van der Waals surface area contributed by atoms with Crippen LogP contribution in [0.25, 0.3) is 11.1 Å². The summed E-state index contributed by atoms with van der Waals surface area (Å²) in [7, 11) is -3.74. The maximum Gasteiger partial charge on any atom is 0.325 e. The van der Waals surface area contributed by atoms with Crippen LogP contribution in [0, 0.1) is 0 Å². The molecule has 0 unspecified atom stereocenters. The third-order valence-electron chi connectivity index (χ3n) is 5.90. The molecule has 0 saturated heterocycles. The summed E-state index contributed by atoms with van der Waals surface area (Å²) in [5.41, 5.74) is 4.78. The van der Waals surface area contributed by atoms with E-state index in [0.29, 0.717) is 18.8 Å². The van der Waals surface area contributed by atoms with Crippen molar-refractivity contribution in [2.24, 2.45) is 0 Å². The van der Waals surface area contributed by atoms with Crippen LogP contribution in [0.5, 0.6) is 0 Å². The van der Waals surface area contributed by atoms with E-state index in [1.54, 1.807) is 18.3 Å². The van der Waals surface area contributed by atoms with Crippen molar-refractivity contribution in [2.45, 2.75) is 56.5 Å². The third kappa shape index (κ3) is 4.61. The molecule has 2 N–H and O–H groups in total. The summed E-state index contributed by atoms with van der Waals surface area (Å²) in [5, 5.41) is 13.2. The Kier molecular flexibility index (Phi) is 6.17. The topological polar surface area (TPSA) is 101 Å². The number of carboxylic acid groups (broad SMARTS) is 1. The zero-order chi connectivity index (χ0) is 22.9. The molecule has 0 aliphatic heterocycles. The first-order valence-corrected chi connectivity index (χ1v) is 12.2. The van der Waals surface area contributed by atoms with Crippen molar-refractivity contribution in [3.05, 3.63) is 71.5 Å². The average molecular weight is 454 g/mol. The lowest BCUT2D eigenvalue weighted by molar-refractivity contribution is -0.137. The molecule has 0 bridgehead atoms. The van der Waals surface area contributed by atoms with Crippen molar-refractivity contribution < 1.29 is 18.3 Å². The first-order chi connectivity index (χ1) is 15.2. The number of nitrogens with zero attached hydrogens (tertiary/aromatic N) is 2. The lowest BCUT2D eigenvalue weighted by Gasteiger charge is -2.24. The van der Waals surface area contributed by atoms with Crippen LogP contribution in [0.2, 0.25) is 0 Å². The molecule has 168 valence electrons. The Morgan fingerprint density at radius 1 is 1.19 bits per heavy atom. The zero-order valence-corrected chi connectivity index (χ0v) is 19.0. The summed E-state index contributed by atoms with van der Waals surface area (Å²) in [6.45, 7) is 4.05. The van der Waals surface area contributed by atoms with Crippen LogP contribution in [0.4, 0.5) is 0 Å². The van der Waals surface area contributed by atoms with Crippen molar-refractivity contribution >= 4 is 16.0 Å². The summed E-state index contributed by atoms with van der Waals surface area (Å²) in [6, 6.07) is 14.7. The normalized spacial score (nSPS) is 16.2. The number of hydrogen-bond donors (Lipinski definition) is 2. The quantitative estimate of drug-likeness (QED) is 0.561. The second-order valence-corrected chi connectivity index (χ2v) is 10.2. The maximum absolute atomic E-state index is 13.1. The van der Waals surface area contributed by atoms with Gasteiger partial charge in [0.15, 0.2) is 0 Å². The first-order valence-electron chi connectivity index (χ1n) is 10.7. The van der Waals surface area contributed by atoms with Crippen LogP contribution >= 0.6 is 0 Å². The Morgan fingerprint density at radius 2 is 1.94 bits per heavy atom. The number of rotatable bonds is 7. The highest BCUT2D eigenvalue weighted by atomic mass is 32.2. The van der Waals surface area contributed by atoms with Gasteiger partial charge < -0.3 is 5.11 Å². The molecule has 0 fully saturated rings. The largest absolute Gasteiger partial charge is 0.480 e. The fourth-order valence-corrected chi connectivity index (χ4v) is 5.41. The smallest absolute Gasteiger partial charge is 0.325 e. The van der Waals surface area contributed by atoms with Gasteiger partial charge in [-0.2, -0.15) is 5.10 Å². The number of sulfonamides is 1. The van der Waals surface area contributed by atoms with E-state index in [2.05, 4.69) is 35.8 Å². The van der Waals surface area contributed by atoms with Gasteiger partial charge >= 0.3 is 5.97 Å². The van der Waals surface area contributed by atoms with Crippen molar-refractivity contribution in [1.29, 1.82) is 0 Å². The van der Waals surface area contributed by atoms with Crippen LogP contribution in [0.1, 0.15) is 55.5 Å². The number of hydrogen-bond acceptors (Lipinski definition) is 4. The Balaban J connectivity index is 1.55. The van der Waals surface area contributed by atoms with E-state index < -0.39 is 22.0 Å². The maximum atomic E-state index is 13.1. The summed E-state index contributed by atoms with van der Waals surface area (Å²) < 4.78 is 30.3. The number of fused-ring (bicyclic) bond motifs is 1. The standard InChI is InChI=1S/C24H27N3O4S/c1-16(2)18-5-3-6-19(13-18)17-9-11-20(12-10-17)32(30,31)26-22-7-4-8-23-21(22)14-25-27(23)15-24(28)29/h3,5-6,9-14,16,22,26H,4,7-8,15H2,1-2H3,(H,28,29)/t22-/m1/s1.